The highest BCUT2D eigenvalue weighted by Gasteiger charge is 2.25. The summed E-state index contributed by atoms with van der Waals surface area (Å²) in [6.07, 6.45) is 4.44. The Bertz CT molecular complexity index is 1370. The van der Waals surface area contributed by atoms with Gasteiger partial charge in [-0.1, -0.05) is 12.6 Å². The van der Waals surface area contributed by atoms with E-state index in [1.165, 1.54) is 35.5 Å². The normalized spacial score (nSPS) is 12.6. The molecule has 3 aromatic rings. The summed E-state index contributed by atoms with van der Waals surface area (Å²) in [5, 5.41) is 2.53. The summed E-state index contributed by atoms with van der Waals surface area (Å²) >= 11 is 0. The van der Waals surface area contributed by atoms with Crippen molar-refractivity contribution in [1.82, 2.24) is 14.9 Å². The Labute approximate surface area is 213 Å². The largest absolute Gasteiger partial charge is 0.486 e. The molecule has 0 saturated heterocycles. The van der Waals surface area contributed by atoms with Crippen LogP contribution >= 0.6 is 0 Å². The molecule has 10 heteroatoms. The molecule has 0 bridgehead atoms. The summed E-state index contributed by atoms with van der Waals surface area (Å²) < 4.78 is 35.1. The first-order valence-electron chi connectivity index (χ1n) is 11.7. The number of likely N-dealkylation sites (N-methyl/N-ethyl adjacent to an activating group) is 1. The van der Waals surface area contributed by atoms with Crippen LogP contribution in [0.15, 0.2) is 49.3 Å². The molecule has 0 spiro atoms. The number of aromatic nitrogens is 2. The molecule has 8 nitrogen and oxygen atoms in total. The molecule has 1 saturated carbocycles. The molecule has 1 aliphatic rings. The number of rotatable bonds is 9. The van der Waals surface area contributed by atoms with Crippen LogP contribution < -0.4 is 15.8 Å². The van der Waals surface area contributed by atoms with Crippen LogP contribution in [0.4, 0.5) is 20.3 Å². The van der Waals surface area contributed by atoms with Gasteiger partial charge in [0, 0.05) is 18.2 Å². The Morgan fingerprint density at radius 1 is 1.24 bits per heavy atom. The molecule has 1 aromatic heterocycles. The van der Waals surface area contributed by atoms with Gasteiger partial charge in [0.15, 0.2) is 11.6 Å². The van der Waals surface area contributed by atoms with Gasteiger partial charge in [-0.2, -0.15) is 0 Å². The number of halogens is 2. The lowest BCUT2D eigenvalue weighted by atomic mass is 9.98. The molecule has 192 valence electrons. The predicted octanol–water partition coefficient (Wildman–Crippen LogP) is 4.47. The standard InChI is InChI=1S/C27H27F2N5O3/c1-4-23(35)34(3)9-10-37-25-24(31-14-32-26(25)30)19-12-18(28)13-20(15(19)2)27(36)33-22-8-7-17(11-21(22)29)16-5-6-16/h4,7-8,11-14,16H,1,5-6,9-10H2,2-3H3,(H,33,36)(H2,30,31,32). The van der Waals surface area contributed by atoms with Gasteiger partial charge >= 0.3 is 0 Å². The van der Waals surface area contributed by atoms with E-state index in [9.17, 15) is 18.4 Å². The van der Waals surface area contributed by atoms with Crippen LogP contribution in [0.1, 0.15) is 40.2 Å². The van der Waals surface area contributed by atoms with E-state index in [0.717, 1.165) is 24.5 Å². The van der Waals surface area contributed by atoms with E-state index >= 15 is 0 Å². The topological polar surface area (TPSA) is 110 Å². The number of hydrogen-bond acceptors (Lipinski definition) is 6. The summed E-state index contributed by atoms with van der Waals surface area (Å²) in [4.78, 5) is 34.3. The van der Waals surface area contributed by atoms with Crippen LogP contribution in [0, 0.1) is 18.6 Å². The summed E-state index contributed by atoms with van der Waals surface area (Å²) in [6, 6.07) is 7.00. The Balaban J connectivity index is 1.61. The van der Waals surface area contributed by atoms with Crippen molar-refractivity contribution in [3.05, 3.63) is 77.6 Å². The van der Waals surface area contributed by atoms with Crippen molar-refractivity contribution in [2.24, 2.45) is 0 Å². The van der Waals surface area contributed by atoms with Gasteiger partial charge < -0.3 is 20.7 Å². The Kier molecular flexibility index (Phi) is 7.47. The highest BCUT2D eigenvalue weighted by atomic mass is 19.1. The van der Waals surface area contributed by atoms with Crippen LogP contribution in [-0.4, -0.2) is 46.9 Å². The minimum atomic E-state index is -0.699. The van der Waals surface area contributed by atoms with Gasteiger partial charge in [-0.15, -0.1) is 0 Å². The maximum Gasteiger partial charge on any atom is 0.256 e. The van der Waals surface area contributed by atoms with Crippen LogP contribution in [0.2, 0.25) is 0 Å². The summed E-state index contributed by atoms with van der Waals surface area (Å²) in [5.74, 6) is -1.74. The number of amides is 2. The molecule has 4 rings (SSSR count). The second kappa shape index (κ2) is 10.7. The molecule has 1 fully saturated rings. The van der Waals surface area contributed by atoms with Crippen LogP contribution in [-0.2, 0) is 4.79 Å². The van der Waals surface area contributed by atoms with E-state index in [-0.39, 0.29) is 53.1 Å². The lowest BCUT2D eigenvalue weighted by Gasteiger charge is -2.18. The number of carbonyl (C=O) groups excluding carboxylic acids is 2. The first-order valence-corrected chi connectivity index (χ1v) is 11.7. The van der Waals surface area contributed by atoms with Crippen molar-refractivity contribution < 1.29 is 23.1 Å². The monoisotopic (exact) mass is 507 g/mol. The molecular formula is C27H27F2N5O3. The van der Waals surface area contributed by atoms with Gasteiger partial charge in [-0.05, 0) is 67.2 Å². The zero-order valence-electron chi connectivity index (χ0n) is 20.6. The predicted molar refractivity (Wildman–Crippen MR) is 136 cm³/mol. The van der Waals surface area contributed by atoms with E-state index in [2.05, 4.69) is 21.9 Å². The maximum atomic E-state index is 14.7. The molecule has 0 aliphatic heterocycles. The lowest BCUT2D eigenvalue weighted by molar-refractivity contribution is -0.125. The Morgan fingerprint density at radius 3 is 2.68 bits per heavy atom. The number of nitrogens with zero attached hydrogens (tertiary/aromatic N) is 3. The summed E-state index contributed by atoms with van der Waals surface area (Å²) in [6.45, 7) is 5.34. The van der Waals surface area contributed by atoms with Gasteiger partial charge in [-0.3, -0.25) is 9.59 Å². The first kappa shape index (κ1) is 25.7. The van der Waals surface area contributed by atoms with Crippen LogP contribution in [0.25, 0.3) is 11.3 Å². The van der Waals surface area contributed by atoms with Crippen LogP contribution in [0.3, 0.4) is 0 Å². The zero-order chi connectivity index (χ0) is 26.7. The third-order valence-corrected chi connectivity index (χ3v) is 6.22. The second-order valence-corrected chi connectivity index (χ2v) is 8.84. The third-order valence-electron chi connectivity index (χ3n) is 6.22. The van der Waals surface area contributed by atoms with Crippen molar-refractivity contribution in [1.29, 1.82) is 0 Å². The highest BCUT2D eigenvalue weighted by Crippen LogP contribution is 2.41. The quantitative estimate of drug-likeness (QED) is 0.414. The Morgan fingerprint density at radius 2 is 2.00 bits per heavy atom. The van der Waals surface area contributed by atoms with Crippen LogP contribution in [0.5, 0.6) is 5.75 Å². The van der Waals surface area contributed by atoms with Crippen molar-refractivity contribution in [3.63, 3.8) is 0 Å². The molecule has 3 N–H and O–H groups in total. The fourth-order valence-corrected chi connectivity index (χ4v) is 3.93. The van der Waals surface area contributed by atoms with E-state index in [0.29, 0.717) is 11.5 Å². The molecule has 1 heterocycles. The van der Waals surface area contributed by atoms with Crippen molar-refractivity contribution >= 4 is 23.3 Å². The van der Waals surface area contributed by atoms with Gasteiger partial charge in [-0.25, -0.2) is 18.7 Å². The molecule has 37 heavy (non-hydrogen) atoms. The van der Waals surface area contributed by atoms with E-state index < -0.39 is 17.5 Å². The maximum absolute atomic E-state index is 14.7. The Hall–Kier alpha value is -4.34. The SMILES string of the molecule is C=CC(=O)N(C)CCOc1c(N)ncnc1-c1cc(F)cc(C(=O)Nc2ccc(C3CC3)cc2F)c1C. The number of hydrogen-bond donors (Lipinski definition) is 2. The number of ether oxygens (including phenoxy) is 1. The van der Waals surface area contributed by atoms with Crippen molar-refractivity contribution in [2.75, 3.05) is 31.2 Å². The van der Waals surface area contributed by atoms with Gasteiger partial charge in [0.1, 0.15) is 30.3 Å². The minimum absolute atomic E-state index is 0.000108. The number of carbonyl (C=O) groups is 2. The molecule has 0 radical (unpaired) electrons. The number of benzene rings is 2. The second-order valence-electron chi connectivity index (χ2n) is 8.84. The fraction of sp³-hybridized carbons (Fsp3) is 0.259. The molecule has 0 atom stereocenters. The lowest BCUT2D eigenvalue weighted by Crippen LogP contribution is -2.29. The van der Waals surface area contributed by atoms with E-state index in [1.807, 2.05) is 0 Å². The molecule has 1 aliphatic carbocycles. The average molecular weight is 508 g/mol. The molecule has 0 unspecified atom stereocenters. The summed E-state index contributed by atoms with van der Waals surface area (Å²) in [5.41, 5.74) is 7.74. The van der Waals surface area contributed by atoms with Gasteiger partial charge in [0.2, 0.25) is 5.91 Å². The number of anilines is 2. The van der Waals surface area contributed by atoms with E-state index in [1.54, 1.807) is 20.0 Å². The smallest absolute Gasteiger partial charge is 0.256 e. The van der Waals surface area contributed by atoms with Gasteiger partial charge in [0.25, 0.3) is 5.91 Å². The average Bonchev–Trinajstić information content (AvgIpc) is 3.72. The number of nitrogens with one attached hydrogen (secondary N) is 1. The number of nitrogen functional groups attached to an aromatic ring is 1. The zero-order valence-corrected chi connectivity index (χ0v) is 20.6. The fourth-order valence-electron chi connectivity index (χ4n) is 3.93. The van der Waals surface area contributed by atoms with E-state index in [4.69, 9.17) is 10.5 Å². The minimum Gasteiger partial charge on any atom is -0.486 e. The first-order chi connectivity index (χ1) is 17.7. The molecule has 2 aromatic carbocycles. The molecule has 2 amide bonds. The number of nitrogens with two attached hydrogens (primary N) is 1. The highest BCUT2D eigenvalue weighted by molar-refractivity contribution is 6.06. The van der Waals surface area contributed by atoms with Crippen molar-refractivity contribution in [3.8, 4) is 17.0 Å². The van der Waals surface area contributed by atoms with Crippen molar-refractivity contribution in [2.45, 2.75) is 25.7 Å². The summed E-state index contributed by atoms with van der Waals surface area (Å²) in [7, 11) is 1.59. The third kappa shape index (κ3) is 5.74. The molecular weight excluding hydrogens is 480 g/mol. The van der Waals surface area contributed by atoms with Gasteiger partial charge in [0.05, 0.1) is 12.2 Å².